The van der Waals surface area contributed by atoms with Crippen molar-refractivity contribution in [3.63, 3.8) is 0 Å². The zero-order valence-electron chi connectivity index (χ0n) is 12.0. The molecule has 1 N–H and O–H groups in total. The maximum atomic E-state index is 13.8. The van der Waals surface area contributed by atoms with Crippen molar-refractivity contribution in [2.75, 3.05) is 13.1 Å². The minimum absolute atomic E-state index is 0.160. The molecule has 1 aliphatic carbocycles. The zero-order chi connectivity index (χ0) is 13.8. The van der Waals surface area contributed by atoms with Crippen LogP contribution in [0.3, 0.4) is 0 Å². The molecule has 1 saturated heterocycles. The van der Waals surface area contributed by atoms with Crippen LogP contribution in [-0.4, -0.2) is 19.2 Å². The monoisotopic (exact) mass is 277 g/mol. The van der Waals surface area contributed by atoms with Crippen molar-refractivity contribution in [2.24, 2.45) is 0 Å². The van der Waals surface area contributed by atoms with E-state index in [0.29, 0.717) is 5.92 Å². The molecule has 110 valence electrons. The van der Waals surface area contributed by atoms with E-state index in [0.717, 1.165) is 50.1 Å². The maximum Gasteiger partial charge on any atom is 0.127 e. The number of hydrogen-bond donors (Lipinski definition) is 1. The summed E-state index contributed by atoms with van der Waals surface area (Å²) in [5, 5.41) is 3.35. The largest absolute Gasteiger partial charge is 0.490 e. The summed E-state index contributed by atoms with van der Waals surface area (Å²) in [6.07, 6.45) is 8.47. The summed E-state index contributed by atoms with van der Waals surface area (Å²) in [7, 11) is 0. The molecule has 0 atom stereocenters. The second-order valence-corrected chi connectivity index (χ2v) is 6.12. The van der Waals surface area contributed by atoms with E-state index >= 15 is 0 Å². The highest BCUT2D eigenvalue weighted by atomic mass is 19.1. The van der Waals surface area contributed by atoms with Crippen molar-refractivity contribution in [2.45, 2.75) is 57.0 Å². The van der Waals surface area contributed by atoms with Gasteiger partial charge in [-0.1, -0.05) is 6.42 Å². The molecule has 1 heterocycles. The minimum Gasteiger partial charge on any atom is -0.490 e. The van der Waals surface area contributed by atoms with Crippen LogP contribution in [0, 0.1) is 5.82 Å². The third kappa shape index (κ3) is 3.51. The fourth-order valence-electron chi connectivity index (χ4n) is 3.42. The molecule has 2 fully saturated rings. The first-order valence-electron chi connectivity index (χ1n) is 7.99. The zero-order valence-corrected chi connectivity index (χ0v) is 12.0. The van der Waals surface area contributed by atoms with E-state index in [4.69, 9.17) is 4.74 Å². The number of nitrogens with one attached hydrogen (secondary N) is 1. The van der Waals surface area contributed by atoms with Gasteiger partial charge < -0.3 is 10.1 Å². The molecule has 0 bridgehead atoms. The van der Waals surface area contributed by atoms with E-state index < -0.39 is 0 Å². The van der Waals surface area contributed by atoms with Crippen LogP contribution >= 0.6 is 0 Å². The van der Waals surface area contributed by atoms with Crippen LogP contribution in [0.25, 0.3) is 0 Å². The van der Waals surface area contributed by atoms with Crippen molar-refractivity contribution < 1.29 is 9.13 Å². The van der Waals surface area contributed by atoms with E-state index in [-0.39, 0.29) is 11.9 Å². The molecule has 20 heavy (non-hydrogen) atoms. The lowest BCUT2D eigenvalue weighted by molar-refractivity contribution is 0.154. The van der Waals surface area contributed by atoms with Crippen molar-refractivity contribution >= 4 is 0 Å². The lowest BCUT2D eigenvalue weighted by Crippen LogP contribution is -2.26. The molecule has 3 rings (SSSR count). The Labute approximate surface area is 120 Å². The molecule has 1 saturated carbocycles. The fourth-order valence-corrected chi connectivity index (χ4v) is 3.42. The summed E-state index contributed by atoms with van der Waals surface area (Å²) >= 11 is 0. The van der Waals surface area contributed by atoms with Gasteiger partial charge in [-0.15, -0.1) is 0 Å². The normalized spacial score (nSPS) is 21.9. The second kappa shape index (κ2) is 6.57. The SMILES string of the molecule is Fc1cc(OC2CCCCC2)cc(C2CCNCC2)c1. The summed E-state index contributed by atoms with van der Waals surface area (Å²) in [6, 6.07) is 5.29. The van der Waals surface area contributed by atoms with Crippen molar-refractivity contribution in [1.29, 1.82) is 0 Å². The molecule has 0 spiro atoms. The molecule has 0 aromatic heterocycles. The Morgan fingerprint density at radius 1 is 0.950 bits per heavy atom. The average Bonchev–Trinajstić information content (AvgIpc) is 2.49. The summed E-state index contributed by atoms with van der Waals surface area (Å²) in [4.78, 5) is 0. The van der Waals surface area contributed by atoms with Gasteiger partial charge in [0.15, 0.2) is 0 Å². The van der Waals surface area contributed by atoms with Crippen LogP contribution in [0.15, 0.2) is 18.2 Å². The Hall–Kier alpha value is -1.09. The molecule has 0 radical (unpaired) electrons. The van der Waals surface area contributed by atoms with Gasteiger partial charge in [0.2, 0.25) is 0 Å². The first kappa shape index (κ1) is 13.9. The van der Waals surface area contributed by atoms with Gasteiger partial charge in [-0.3, -0.25) is 0 Å². The summed E-state index contributed by atoms with van der Waals surface area (Å²) in [5.41, 5.74) is 1.11. The molecule has 2 aliphatic rings. The Balaban J connectivity index is 1.71. The molecule has 2 nitrogen and oxygen atoms in total. The van der Waals surface area contributed by atoms with E-state index in [1.165, 1.54) is 19.3 Å². The van der Waals surface area contributed by atoms with Crippen LogP contribution in [-0.2, 0) is 0 Å². The van der Waals surface area contributed by atoms with Crippen LogP contribution in [0.4, 0.5) is 4.39 Å². The van der Waals surface area contributed by atoms with Gasteiger partial charge in [-0.05, 0) is 75.2 Å². The minimum atomic E-state index is -0.160. The fraction of sp³-hybridized carbons (Fsp3) is 0.647. The van der Waals surface area contributed by atoms with Crippen molar-refractivity contribution in [3.8, 4) is 5.75 Å². The van der Waals surface area contributed by atoms with E-state index in [2.05, 4.69) is 11.4 Å². The molecular formula is C17H24FNO. The van der Waals surface area contributed by atoms with Crippen LogP contribution in [0.2, 0.25) is 0 Å². The molecule has 1 aliphatic heterocycles. The lowest BCUT2D eigenvalue weighted by atomic mass is 9.90. The third-order valence-corrected chi connectivity index (χ3v) is 4.56. The van der Waals surface area contributed by atoms with Gasteiger partial charge in [-0.2, -0.15) is 0 Å². The highest BCUT2D eigenvalue weighted by Gasteiger charge is 2.19. The van der Waals surface area contributed by atoms with E-state index in [9.17, 15) is 4.39 Å². The Morgan fingerprint density at radius 3 is 2.45 bits per heavy atom. The molecule has 3 heteroatoms. The van der Waals surface area contributed by atoms with Crippen LogP contribution in [0.5, 0.6) is 5.75 Å². The van der Waals surface area contributed by atoms with Crippen molar-refractivity contribution in [1.82, 2.24) is 5.32 Å². The molecule has 0 unspecified atom stereocenters. The standard InChI is InChI=1S/C17H24FNO/c18-15-10-14(13-6-8-19-9-7-13)11-17(12-15)20-16-4-2-1-3-5-16/h10-13,16,19H,1-9H2. The number of ether oxygens (including phenoxy) is 1. The quantitative estimate of drug-likeness (QED) is 0.901. The highest BCUT2D eigenvalue weighted by molar-refractivity contribution is 5.32. The van der Waals surface area contributed by atoms with Gasteiger partial charge in [-0.25, -0.2) is 4.39 Å². The smallest absolute Gasteiger partial charge is 0.127 e. The molecular weight excluding hydrogens is 253 g/mol. The predicted molar refractivity (Wildman–Crippen MR) is 78.7 cm³/mol. The summed E-state index contributed by atoms with van der Waals surface area (Å²) in [6.45, 7) is 2.06. The maximum absolute atomic E-state index is 13.8. The number of piperidine rings is 1. The van der Waals surface area contributed by atoms with E-state index in [1.807, 2.05) is 0 Å². The molecule has 1 aromatic carbocycles. The predicted octanol–water partition coefficient (Wildman–Crippen LogP) is 4.00. The number of benzene rings is 1. The number of halogens is 1. The van der Waals surface area contributed by atoms with Crippen molar-refractivity contribution in [3.05, 3.63) is 29.6 Å². The van der Waals surface area contributed by atoms with Gasteiger partial charge in [0.1, 0.15) is 11.6 Å². The molecule has 1 aromatic rings. The number of rotatable bonds is 3. The molecule has 0 amide bonds. The van der Waals surface area contributed by atoms with Crippen LogP contribution in [0.1, 0.15) is 56.4 Å². The van der Waals surface area contributed by atoms with Gasteiger partial charge in [0.05, 0.1) is 6.10 Å². The first-order valence-corrected chi connectivity index (χ1v) is 7.99. The second-order valence-electron chi connectivity index (χ2n) is 6.12. The van der Waals surface area contributed by atoms with E-state index in [1.54, 1.807) is 12.1 Å². The summed E-state index contributed by atoms with van der Waals surface area (Å²) in [5.74, 6) is 1.04. The average molecular weight is 277 g/mol. The number of hydrogen-bond acceptors (Lipinski definition) is 2. The topological polar surface area (TPSA) is 21.3 Å². The van der Waals surface area contributed by atoms with Gasteiger partial charge >= 0.3 is 0 Å². The van der Waals surface area contributed by atoms with Gasteiger partial charge in [0.25, 0.3) is 0 Å². The summed E-state index contributed by atoms with van der Waals surface area (Å²) < 4.78 is 19.9. The Kier molecular flexibility index (Phi) is 4.56. The Morgan fingerprint density at radius 2 is 1.70 bits per heavy atom. The Bertz CT molecular complexity index is 437. The highest BCUT2D eigenvalue weighted by Crippen LogP contribution is 2.30. The lowest BCUT2D eigenvalue weighted by Gasteiger charge is -2.25. The first-order chi connectivity index (χ1) is 9.81. The van der Waals surface area contributed by atoms with Crippen LogP contribution < -0.4 is 10.1 Å². The van der Waals surface area contributed by atoms with Gasteiger partial charge in [0, 0.05) is 6.07 Å². The third-order valence-electron chi connectivity index (χ3n) is 4.56.